The molecule has 0 amide bonds. The predicted molar refractivity (Wildman–Crippen MR) is 55.8 cm³/mol. The lowest BCUT2D eigenvalue weighted by atomic mass is 10.3. The van der Waals surface area contributed by atoms with E-state index in [1.165, 1.54) is 0 Å². The van der Waals surface area contributed by atoms with E-state index in [0.29, 0.717) is 26.3 Å². The van der Waals surface area contributed by atoms with Crippen molar-refractivity contribution in [3.63, 3.8) is 0 Å². The molecule has 0 aromatic heterocycles. The summed E-state index contributed by atoms with van der Waals surface area (Å²) < 4.78 is 10.3. The average Bonchev–Trinajstić information content (AvgIpc) is 2.52. The van der Waals surface area contributed by atoms with Crippen molar-refractivity contribution in [3.8, 4) is 0 Å². The molecule has 0 aromatic carbocycles. The van der Waals surface area contributed by atoms with E-state index in [4.69, 9.17) is 9.47 Å². The third-order valence-electron chi connectivity index (χ3n) is 2.52. The standard InChI is InChI=1S/C10H21NO4/c1-14-4-2-5-15-6-3-11-7-9(12)10(13)8-11/h9-10,12-13H,2-8H2,1H3. The van der Waals surface area contributed by atoms with Gasteiger partial charge in [-0.15, -0.1) is 0 Å². The van der Waals surface area contributed by atoms with Gasteiger partial charge in [0.05, 0.1) is 18.8 Å². The van der Waals surface area contributed by atoms with Crippen LogP contribution in [0.1, 0.15) is 6.42 Å². The molecule has 15 heavy (non-hydrogen) atoms. The number of methoxy groups -OCH3 is 1. The quantitative estimate of drug-likeness (QED) is 0.542. The molecule has 1 rings (SSSR count). The van der Waals surface area contributed by atoms with Gasteiger partial charge in [-0.05, 0) is 6.42 Å². The summed E-state index contributed by atoms with van der Waals surface area (Å²) in [6.07, 6.45) is -0.293. The van der Waals surface area contributed by atoms with E-state index in [-0.39, 0.29) is 0 Å². The number of hydrogen-bond donors (Lipinski definition) is 2. The van der Waals surface area contributed by atoms with E-state index in [2.05, 4.69) is 0 Å². The van der Waals surface area contributed by atoms with Crippen molar-refractivity contribution >= 4 is 0 Å². The zero-order valence-electron chi connectivity index (χ0n) is 9.26. The Balaban J connectivity index is 1.92. The number of ether oxygens (including phenoxy) is 2. The van der Waals surface area contributed by atoms with Crippen LogP contribution < -0.4 is 0 Å². The van der Waals surface area contributed by atoms with Gasteiger partial charge in [-0.1, -0.05) is 0 Å². The Bertz CT molecular complexity index is 158. The van der Waals surface area contributed by atoms with Crippen LogP contribution in [0.25, 0.3) is 0 Å². The molecule has 0 aliphatic carbocycles. The predicted octanol–water partition coefficient (Wildman–Crippen LogP) is -0.923. The Kier molecular flexibility index (Phi) is 6.12. The first-order chi connectivity index (χ1) is 7.24. The van der Waals surface area contributed by atoms with Crippen molar-refractivity contribution in [2.45, 2.75) is 18.6 Å². The average molecular weight is 219 g/mol. The van der Waals surface area contributed by atoms with Crippen LogP contribution in [0, 0.1) is 0 Å². The second kappa shape index (κ2) is 7.14. The molecule has 1 heterocycles. The molecule has 2 unspecified atom stereocenters. The summed E-state index contributed by atoms with van der Waals surface area (Å²) in [4.78, 5) is 2.01. The van der Waals surface area contributed by atoms with Crippen LogP contribution >= 0.6 is 0 Å². The molecular formula is C10H21NO4. The van der Waals surface area contributed by atoms with Crippen LogP contribution in [-0.4, -0.2) is 73.9 Å². The Morgan fingerprint density at radius 3 is 2.40 bits per heavy atom. The van der Waals surface area contributed by atoms with E-state index >= 15 is 0 Å². The molecule has 1 saturated heterocycles. The Morgan fingerprint density at radius 2 is 1.80 bits per heavy atom. The molecular weight excluding hydrogens is 198 g/mol. The number of hydrogen-bond acceptors (Lipinski definition) is 5. The number of aliphatic hydroxyl groups is 2. The fourth-order valence-corrected chi connectivity index (χ4v) is 1.63. The lowest BCUT2D eigenvalue weighted by Gasteiger charge is -2.14. The van der Waals surface area contributed by atoms with Crippen molar-refractivity contribution < 1.29 is 19.7 Å². The van der Waals surface area contributed by atoms with E-state index < -0.39 is 12.2 Å². The van der Waals surface area contributed by atoms with Crippen LogP contribution in [0.15, 0.2) is 0 Å². The molecule has 0 bridgehead atoms. The third-order valence-corrected chi connectivity index (χ3v) is 2.52. The van der Waals surface area contributed by atoms with Gasteiger partial charge in [0.2, 0.25) is 0 Å². The van der Waals surface area contributed by atoms with Gasteiger partial charge in [-0.2, -0.15) is 0 Å². The fraction of sp³-hybridized carbons (Fsp3) is 1.00. The van der Waals surface area contributed by atoms with Crippen LogP contribution in [0.2, 0.25) is 0 Å². The highest BCUT2D eigenvalue weighted by Crippen LogP contribution is 2.08. The smallest absolute Gasteiger partial charge is 0.0938 e. The molecule has 5 nitrogen and oxygen atoms in total. The zero-order chi connectivity index (χ0) is 11.1. The second-order valence-electron chi connectivity index (χ2n) is 3.85. The lowest BCUT2D eigenvalue weighted by molar-refractivity contribution is 0.0572. The van der Waals surface area contributed by atoms with Gasteiger partial charge in [0.1, 0.15) is 0 Å². The molecule has 1 aliphatic rings. The van der Waals surface area contributed by atoms with Crippen molar-refractivity contribution in [2.24, 2.45) is 0 Å². The van der Waals surface area contributed by atoms with Crippen LogP contribution in [-0.2, 0) is 9.47 Å². The second-order valence-corrected chi connectivity index (χ2v) is 3.85. The fourth-order valence-electron chi connectivity index (χ4n) is 1.63. The van der Waals surface area contributed by atoms with Crippen molar-refractivity contribution in [1.29, 1.82) is 0 Å². The third kappa shape index (κ3) is 4.90. The number of β-amino-alcohol motifs (C(OH)–C–C–N with tert-alkyl or cyclic N) is 2. The number of rotatable bonds is 7. The molecule has 0 aromatic rings. The molecule has 90 valence electrons. The van der Waals surface area contributed by atoms with Gasteiger partial charge < -0.3 is 19.7 Å². The summed E-state index contributed by atoms with van der Waals surface area (Å²) >= 11 is 0. The number of aliphatic hydroxyl groups excluding tert-OH is 2. The molecule has 2 atom stereocenters. The zero-order valence-corrected chi connectivity index (χ0v) is 9.26. The normalized spacial score (nSPS) is 27.4. The van der Waals surface area contributed by atoms with Crippen LogP contribution in [0.4, 0.5) is 0 Å². The maximum atomic E-state index is 9.29. The highest BCUT2D eigenvalue weighted by molar-refractivity contribution is 4.82. The van der Waals surface area contributed by atoms with Gasteiger partial charge in [0, 0.05) is 40.0 Å². The van der Waals surface area contributed by atoms with Crippen LogP contribution in [0.5, 0.6) is 0 Å². The minimum absolute atomic E-state index is 0.544. The molecule has 2 N–H and O–H groups in total. The van der Waals surface area contributed by atoms with Gasteiger partial charge >= 0.3 is 0 Å². The van der Waals surface area contributed by atoms with Gasteiger partial charge in [0.25, 0.3) is 0 Å². The monoisotopic (exact) mass is 219 g/mol. The maximum Gasteiger partial charge on any atom is 0.0938 e. The first-order valence-corrected chi connectivity index (χ1v) is 5.39. The van der Waals surface area contributed by atoms with Gasteiger partial charge in [0.15, 0.2) is 0 Å². The number of nitrogens with zero attached hydrogens (tertiary/aromatic N) is 1. The molecule has 5 heteroatoms. The summed E-state index contributed by atoms with van der Waals surface area (Å²) in [7, 11) is 1.67. The molecule has 0 radical (unpaired) electrons. The molecule has 1 aliphatic heterocycles. The topological polar surface area (TPSA) is 62.2 Å². The minimum atomic E-state index is -0.599. The first kappa shape index (κ1) is 12.9. The molecule has 1 fully saturated rings. The molecule has 0 saturated carbocycles. The minimum Gasteiger partial charge on any atom is -0.389 e. The van der Waals surface area contributed by atoms with E-state index in [1.807, 2.05) is 4.90 Å². The van der Waals surface area contributed by atoms with E-state index in [0.717, 1.165) is 19.6 Å². The first-order valence-electron chi connectivity index (χ1n) is 5.39. The summed E-state index contributed by atoms with van der Waals surface area (Å²) in [6, 6.07) is 0. The SMILES string of the molecule is COCCCOCCN1CC(O)C(O)C1. The molecule has 0 spiro atoms. The Labute approximate surface area is 90.6 Å². The van der Waals surface area contributed by atoms with Crippen LogP contribution in [0.3, 0.4) is 0 Å². The van der Waals surface area contributed by atoms with Gasteiger partial charge in [-0.3, -0.25) is 4.90 Å². The summed E-state index contributed by atoms with van der Waals surface area (Å²) in [5, 5.41) is 18.6. The summed E-state index contributed by atoms with van der Waals surface area (Å²) in [5.41, 5.74) is 0. The Hall–Kier alpha value is -0.200. The van der Waals surface area contributed by atoms with Gasteiger partial charge in [-0.25, -0.2) is 0 Å². The van der Waals surface area contributed by atoms with Crippen molar-refractivity contribution in [2.75, 3.05) is 46.6 Å². The highest BCUT2D eigenvalue weighted by atomic mass is 16.5. The largest absolute Gasteiger partial charge is 0.389 e. The summed E-state index contributed by atoms with van der Waals surface area (Å²) in [6.45, 7) is 3.92. The number of likely N-dealkylation sites (tertiary alicyclic amines) is 1. The highest BCUT2D eigenvalue weighted by Gasteiger charge is 2.28. The van der Waals surface area contributed by atoms with E-state index in [1.54, 1.807) is 7.11 Å². The van der Waals surface area contributed by atoms with Crippen molar-refractivity contribution in [3.05, 3.63) is 0 Å². The maximum absolute atomic E-state index is 9.29. The summed E-state index contributed by atoms with van der Waals surface area (Å²) in [5.74, 6) is 0. The van der Waals surface area contributed by atoms with Crippen molar-refractivity contribution in [1.82, 2.24) is 4.90 Å². The Morgan fingerprint density at radius 1 is 1.13 bits per heavy atom. The lowest BCUT2D eigenvalue weighted by Crippen LogP contribution is -2.26. The van der Waals surface area contributed by atoms with E-state index in [9.17, 15) is 10.2 Å².